The zero-order valence-electron chi connectivity index (χ0n) is 12.5. The summed E-state index contributed by atoms with van der Waals surface area (Å²) in [6.45, 7) is 4.10. The molecule has 0 spiro atoms. The fourth-order valence-corrected chi connectivity index (χ4v) is 3.73. The molecule has 3 rings (SSSR count). The molecule has 0 saturated carbocycles. The van der Waals surface area contributed by atoms with Gasteiger partial charge in [0.05, 0.1) is 30.1 Å². The van der Waals surface area contributed by atoms with Gasteiger partial charge in [0.15, 0.2) is 0 Å². The van der Waals surface area contributed by atoms with Gasteiger partial charge in [0.2, 0.25) is 0 Å². The third-order valence-electron chi connectivity index (χ3n) is 3.77. The summed E-state index contributed by atoms with van der Waals surface area (Å²) in [5.74, 6) is 0.665. The Morgan fingerprint density at radius 2 is 2.14 bits per heavy atom. The molecule has 0 amide bonds. The van der Waals surface area contributed by atoms with Crippen molar-refractivity contribution < 1.29 is 8.95 Å². The molecule has 1 aliphatic rings. The molecule has 1 saturated heterocycles. The Bertz CT molecular complexity index is 589. The van der Waals surface area contributed by atoms with Crippen LogP contribution in [0.3, 0.4) is 0 Å². The van der Waals surface area contributed by atoms with Gasteiger partial charge in [-0.2, -0.15) is 5.10 Å². The number of hydrogen-bond donors (Lipinski definition) is 0. The van der Waals surface area contributed by atoms with E-state index < -0.39 is 10.8 Å². The Morgan fingerprint density at radius 1 is 1.27 bits per heavy atom. The van der Waals surface area contributed by atoms with Gasteiger partial charge in [0.25, 0.3) is 0 Å². The van der Waals surface area contributed by atoms with E-state index in [1.807, 2.05) is 47.3 Å². The Labute approximate surface area is 133 Å². The first-order valence-corrected chi connectivity index (χ1v) is 8.88. The number of nitrogens with zero attached hydrogens (tertiary/aromatic N) is 3. The van der Waals surface area contributed by atoms with Gasteiger partial charge in [0.1, 0.15) is 0 Å². The van der Waals surface area contributed by atoms with Gasteiger partial charge in [-0.1, -0.05) is 18.2 Å². The quantitative estimate of drug-likeness (QED) is 0.807. The van der Waals surface area contributed by atoms with E-state index in [0.29, 0.717) is 5.75 Å². The lowest BCUT2D eigenvalue weighted by Gasteiger charge is -2.32. The first-order chi connectivity index (χ1) is 10.8. The summed E-state index contributed by atoms with van der Waals surface area (Å²) in [7, 11) is -0.928. The summed E-state index contributed by atoms with van der Waals surface area (Å²) in [6, 6.07) is 11.6. The highest BCUT2D eigenvalue weighted by atomic mass is 32.2. The molecule has 1 aliphatic heterocycles. The van der Waals surface area contributed by atoms with Crippen molar-refractivity contribution in [1.82, 2.24) is 14.7 Å². The minimum Gasteiger partial charge on any atom is -0.374 e. The highest BCUT2D eigenvalue weighted by molar-refractivity contribution is 7.85. The second-order valence-electron chi connectivity index (χ2n) is 5.38. The minimum absolute atomic E-state index is 0.152. The third kappa shape index (κ3) is 4.25. The molecule has 6 heteroatoms. The van der Waals surface area contributed by atoms with Crippen LogP contribution in [0.15, 0.2) is 53.7 Å². The third-order valence-corrected chi connectivity index (χ3v) is 5.12. The highest BCUT2D eigenvalue weighted by Gasteiger charge is 2.21. The van der Waals surface area contributed by atoms with Crippen LogP contribution >= 0.6 is 0 Å². The summed E-state index contributed by atoms with van der Waals surface area (Å²) in [4.78, 5) is 3.24. The molecule has 1 aromatic heterocycles. The molecule has 2 aromatic rings. The van der Waals surface area contributed by atoms with Crippen molar-refractivity contribution in [2.45, 2.75) is 17.5 Å². The van der Waals surface area contributed by atoms with Gasteiger partial charge in [0, 0.05) is 42.7 Å². The van der Waals surface area contributed by atoms with Gasteiger partial charge >= 0.3 is 0 Å². The molecule has 2 heterocycles. The Balaban J connectivity index is 1.47. The normalized spacial score (nSPS) is 20.8. The van der Waals surface area contributed by atoms with Gasteiger partial charge < -0.3 is 4.74 Å². The zero-order chi connectivity index (χ0) is 15.2. The predicted molar refractivity (Wildman–Crippen MR) is 86.1 cm³/mol. The lowest BCUT2D eigenvalue weighted by atomic mass is 10.2. The van der Waals surface area contributed by atoms with Crippen LogP contribution in [0, 0.1) is 0 Å². The number of benzene rings is 1. The summed E-state index contributed by atoms with van der Waals surface area (Å²) in [5, 5.41) is 4.22. The second kappa shape index (κ2) is 7.67. The first kappa shape index (κ1) is 15.4. The van der Waals surface area contributed by atoms with E-state index in [-0.39, 0.29) is 6.10 Å². The maximum atomic E-state index is 12.3. The molecule has 1 aromatic carbocycles. The van der Waals surface area contributed by atoms with Crippen LogP contribution in [0.1, 0.15) is 0 Å². The molecule has 22 heavy (non-hydrogen) atoms. The van der Waals surface area contributed by atoms with E-state index in [4.69, 9.17) is 4.74 Å². The second-order valence-corrected chi connectivity index (χ2v) is 6.95. The van der Waals surface area contributed by atoms with Gasteiger partial charge in [-0.05, 0) is 18.2 Å². The summed E-state index contributed by atoms with van der Waals surface area (Å²) in [6.07, 6.45) is 3.88. The molecule has 0 bridgehead atoms. The topological polar surface area (TPSA) is 47.4 Å². The maximum Gasteiger partial charge on any atom is 0.0898 e. The molecule has 5 nitrogen and oxygen atoms in total. The molecule has 0 N–H and O–H groups in total. The van der Waals surface area contributed by atoms with Crippen molar-refractivity contribution in [1.29, 1.82) is 0 Å². The maximum absolute atomic E-state index is 12.3. The fraction of sp³-hybridized carbons (Fsp3) is 0.438. The van der Waals surface area contributed by atoms with Crippen molar-refractivity contribution in [2.24, 2.45) is 0 Å². The molecule has 0 aliphatic carbocycles. The number of aromatic nitrogens is 2. The Hall–Kier alpha value is -1.50. The fourth-order valence-electron chi connectivity index (χ4n) is 2.61. The van der Waals surface area contributed by atoms with Crippen LogP contribution < -0.4 is 0 Å². The van der Waals surface area contributed by atoms with Crippen LogP contribution in [-0.4, -0.2) is 57.0 Å². The van der Waals surface area contributed by atoms with Crippen LogP contribution in [0.4, 0.5) is 0 Å². The van der Waals surface area contributed by atoms with Crippen LogP contribution in [0.2, 0.25) is 0 Å². The zero-order valence-corrected chi connectivity index (χ0v) is 13.3. The largest absolute Gasteiger partial charge is 0.374 e. The SMILES string of the molecule is O=S(CCN1CCOC(Cn2cccn2)C1)c1ccccc1. The van der Waals surface area contributed by atoms with E-state index in [2.05, 4.69) is 10.00 Å². The molecule has 1 fully saturated rings. The van der Waals surface area contributed by atoms with Gasteiger partial charge in [-0.3, -0.25) is 13.8 Å². The number of hydrogen-bond acceptors (Lipinski definition) is 4. The van der Waals surface area contributed by atoms with Gasteiger partial charge in [-0.25, -0.2) is 0 Å². The molecule has 2 atom stereocenters. The van der Waals surface area contributed by atoms with Crippen molar-refractivity contribution in [3.63, 3.8) is 0 Å². The smallest absolute Gasteiger partial charge is 0.0898 e. The average molecular weight is 319 g/mol. The predicted octanol–water partition coefficient (Wildman–Crippen LogP) is 1.39. The van der Waals surface area contributed by atoms with E-state index in [1.54, 1.807) is 6.20 Å². The standard InChI is InChI=1S/C16H21N3O2S/c20-22(16-5-2-1-3-6-16)12-10-18-9-11-21-15(13-18)14-19-8-4-7-17-19/h1-8,15H,9-14H2. The molecule has 0 radical (unpaired) electrons. The highest BCUT2D eigenvalue weighted by Crippen LogP contribution is 2.10. The van der Waals surface area contributed by atoms with Gasteiger partial charge in [-0.15, -0.1) is 0 Å². The van der Waals surface area contributed by atoms with Crippen molar-refractivity contribution in [2.75, 3.05) is 32.0 Å². The Morgan fingerprint density at radius 3 is 2.91 bits per heavy atom. The van der Waals surface area contributed by atoms with Crippen LogP contribution in [-0.2, 0) is 22.1 Å². The average Bonchev–Trinajstić information content (AvgIpc) is 3.07. The number of ether oxygens (including phenoxy) is 1. The van der Waals surface area contributed by atoms with Crippen molar-refractivity contribution in [3.8, 4) is 0 Å². The lowest BCUT2D eigenvalue weighted by molar-refractivity contribution is -0.0355. The van der Waals surface area contributed by atoms with E-state index >= 15 is 0 Å². The van der Waals surface area contributed by atoms with E-state index in [0.717, 1.165) is 37.7 Å². The first-order valence-electron chi connectivity index (χ1n) is 7.56. The van der Waals surface area contributed by atoms with Crippen LogP contribution in [0.5, 0.6) is 0 Å². The summed E-state index contributed by atoms with van der Waals surface area (Å²) >= 11 is 0. The summed E-state index contributed by atoms with van der Waals surface area (Å²) < 4.78 is 20.0. The molecule has 2 unspecified atom stereocenters. The van der Waals surface area contributed by atoms with Crippen molar-refractivity contribution >= 4 is 10.8 Å². The molecular formula is C16H21N3O2S. The molecular weight excluding hydrogens is 298 g/mol. The van der Waals surface area contributed by atoms with E-state index in [1.165, 1.54) is 0 Å². The summed E-state index contributed by atoms with van der Waals surface area (Å²) in [5.41, 5.74) is 0. The van der Waals surface area contributed by atoms with Crippen LogP contribution in [0.25, 0.3) is 0 Å². The Kier molecular flexibility index (Phi) is 5.37. The monoisotopic (exact) mass is 319 g/mol. The van der Waals surface area contributed by atoms with E-state index in [9.17, 15) is 4.21 Å². The number of rotatable bonds is 6. The molecule has 118 valence electrons. The minimum atomic E-state index is -0.928. The van der Waals surface area contributed by atoms with Crippen molar-refractivity contribution in [3.05, 3.63) is 48.8 Å². The lowest BCUT2D eigenvalue weighted by Crippen LogP contribution is -2.45. The number of morpholine rings is 1.